The number of thioether (sulfide) groups is 1. The molecule has 8 heteroatoms. The topological polar surface area (TPSA) is 64.4 Å². The van der Waals surface area contributed by atoms with Crippen LogP contribution in [0.5, 0.6) is 5.75 Å². The maximum atomic E-state index is 12.9. The van der Waals surface area contributed by atoms with Crippen molar-refractivity contribution in [2.75, 3.05) is 18.2 Å². The number of amides is 1. The molecule has 0 spiro atoms. The zero-order valence-electron chi connectivity index (χ0n) is 14.8. The lowest BCUT2D eigenvalue weighted by Gasteiger charge is -2.02. The van der Waals surface area contributed by atoms with Gasteiger partial charge in [-0.15, -0.1) is 23.1 Å². The molecule has 1 N–H and O–H groups in total. The quantitative estimate of drug-likeness (QED) is 0.426. The number of furan rings is 1. The number of para-hydroxylation sites is 1. The average molecular weight is 414 g/mol. The number of carbonyl (C=O) groups excluding carboxylic acids is 1. The second-order valence-corrected chi connectivity index (χ2v) is 7.72. The van der Waals surface area contributed by atoms with E-state index < -0.39 is 0 Å². The highest BCUT2D eigenvalue weighted by atomic mass is 32.2. The standard InChI is InChI=1S/C20H15FN2O3S2/c1-25-16-4-2-3-12-9-17(26-19(12)16)15-10-28-20(22-15)23-18(24)11-27-14-7-5-13(21)6-8-14/h2-10H,11H2,1H3,(H,22,23,24). The molecule has 142 valence electrons. The molecule has 2 aromatic heterocycles. The molecule has 5 nitrogen and oxygen atoms in total. The van der Waals surface area contributed by atoms with Gasteiger partial charge in [0, 0.05) is 15.7 Å². The Bertz CT molecular complexity index is 1120. The number of thiazole rings is 1. The third-order valence-electron chi connectivity index (χ3n) is 3.91. The summed E-state index contributed by atoms with van der Waals surface area (Å²) in [6.07, 6.45) is 0. The maximum absolute atomic E-state index is 12.9. The van der Waals surface area contributed by atoms with E-state index in [-0.39, 0.29) is 17.5 Å². The molecule has 4 aromatic rings. The van der Waals surface area contributed by atoms with Crippen LogP contribution in [0.25, 0.3) is 22.4 Å². The molecule has 1 amide bonds. The summed E-state index contributed by atoms with van der Waals surface area (Å²) in [6, 6.07) is 13.6. The molecule has 0 saturated heterocycles. The van der Waals surface area contributed by atoms with Gasteiger partial charge in [-0.1, -0.05) is 12.1 Å². The number of nitrogens with one attached hydrogen (secondary N) is 1. The lowest BCUT2D eigenvalue weighted by molar-refractivity contribution is -0.113. The van der Waals surface area contributed by atoms with Crippen LogP contribution in [0.15, 0.2) is 63.2 Å². The zero-order chi connectivity index (χ0) is 19.5. The van der Waals surface area contributed by atoms with Crippen molar-refractivity contribution >= 4 is 45.1 Å². The van der Waals surface area contributed by atoms with Crippen molar-refractivity contribution in [3.63, 3.8) is 0 Å². The Kier molecular flexibility index (Phi) is 5.31. The molecule has 2 aromatic carbocycles. The fraction of sp³-hybridized carbons (Fsp3) is 0.100. The lowest BCUT2D eigenvalue weighted by atomic mass is 10.2. The minimum absolute atomic E-state index is 0.179. The van der Waals surface area contributed by atoms with Crippen LogP contribution in [0.4, 0.5) is 9.52 Å². The van der Waals surface area contributed by atoms with E-state index in [9.17, 15) is 9.18 Å². The van der Waals surface area contributed by atoms with Crippen LogP contribution in [0.2, 0.25) is 0 Å². The number of benzene rings is 2. The molecular weight excluding hydrogens is 399 g/mol. The van der Waals surface area contributed by atoms with Gasteiger partial charge in [-0.05, 0) is 36.4 Å². The molecule has 0 atom stereocenters. The van der Waals surface area contributed by atoms with Crippen LogP contribution < -0.4 is 10.1 Å². The number of methoxy groups -OCH3 is 1. The summed E-state index contributed by atoms with van der Waals surface area (Å²) in [5, 5.41) is 6.02. The molecule has 4 rings (SSSR count). The van der Waals surface area contributed by atoms with Gasteiger partial charge in [0.05, 0.1) is 12.9 Å². The van der Waals surface area contributed by atoms with Crippen molar-refractivity contribution in [1.29, 1.82) is 0 Å². The highest BCUT2D eigenvalue weighted by molar-refractivity contribution is 8.00. The largest absolute Gasteiger partial charge is 0.493 e. The van der Waals surface area contributed by atoms with E-state index in [0.717, 1.165) is 10.3 Å². The Morgan fingerprint density at radius 2 is 2.11 bits per heavy atom. The Hall–Kier alpha value is -2.84. The Morgan fingerprint density at radius 1 is 1.29 bits per heavy atom. The van der Waals surface area contributed by atoms with E-state index in [1.165, 1.54) is 35.2 Å². The number of ether oxygens (including phenoxy) is 1. The first kappa shape index (κ1) is 18.5. The fourth-order valence-electron chi connectivity index (χ4n) is 2.60. The third-order valence-corrected chi connectivity index (χ3v) is 5.68. The van der Waals surface area contributed by atoms with Gasteiger partial charge in [-0.25, -0.2) is 9.37 Å². The molecule has 0 aliphatic rings. The second-order valence-electron chi connectivity index (χ2n) is 5.82. The molecule has 0 radical (unpaired) electrons. The van der Waals surface area contributed by atoms with Crippen LogP contribution in [0, 0.1) is 5.82 Å². The number of fused-ring (bicyclic) bond motifs is 1. The van der Waals surface area contributed by atoms with E-state index >= 15 is 0 Å². The number of carbonyl (C=O) groups is 1. The van der Waals surface area contributed by atoms with Crippen LogP contribution >= 0.6 is 23.1 Å². The fourth-order valence-corrected chi connectivity index (χ4v) is 4.02. The molecule has 0 saturated carbocycles. The minimum atomic E-state index is -0.299. The van der Waals surface area contributed by atoms with E-state index in [0.29, 0.717) is 27.9 Å². The highest BCUT2D eigenvalue weighted by Crippen LogP contribution is 2.34. The summed E-state index contributed by atoms with van der Waals surface area (Å²) in [7, 11) is 1.59. The summed E-state index contributed by atoms with van der Waals surface area (Å²) in [5.41, 5.74) is 1.30. The number of halogens is 1. The first-order chi connectivity index (χ1) is 13.6. The molecular formula is C20H15FN2O3S2. The van der Waals surface area contributed by atoms with Crippen molar-refractivity contribution in [1.82, 2.24) is 4.98 Å². The summed E-state index contributed by atoms with van der Waals surface area (Å²) < 4.78 is 24.1. The number of rotatable bonds is 6. The second kappa shape index (κ2) is 8.04. The molecule has 28 heavy (non-hydrogen) atoms. The van der Waals surface area contributed by atoms with Crippen molar-refractivity contribution in [3.8, 4) is 17.2 Å². The molecule has 2 heterocycles. The van der Waals surface area contributed by atoms with Gasteiger partial charge in [0.25, 0.3) is 0 Å². The monoisotopic (exact) mass is 414 g/mol. The maximum Gasteiger partial charge on any atom is 0.236 e. The van der Waals surface area contributed by atoms with Crippen molar-refractivity contribution in [2.45, 2.75) is 4.90 Å². The highest BCUT2D eigenvalue weighted by Gasteiger charge is 2.14. The summed E-state index contributed by atoms with van der Waals surface area (Å²) in [4.78, 5) is 17.4. The summed E-state index contributed by atoms with van der Waals surface area (Å²) in [6.45, 7) is 0. The van der Waals surface area contributed by atoms with Crippen LogP contribution in [0.1, 0.15) is 0 Å². The number of hydrogen-bond acceptors (Lipinski definition) is 6. The van der Waals surface area contributed by atoms with Gasteiger partial charge in [-0.2, -0.15) is 0 Å². The van der Waals surface area contributed by atoms with Gasteiger partial charge in [-0.3, -0.25) is 4.79 Å². The molecule has 0 unspecified atom stereocenters. The van der Waals surface area contributed by atoms with Crippen molar-refractivity contribution in [2.24, 2.45) is 0 Å². The number of hydrogen-bond donors (Lipinski definition) is 1. The Morgan fingerprint density at radius 3 is 2.89 bits per heavy atom. The molecule has 0 aliphatic heterocycles. The normalized spacial score (nSPS) is 10.9. The number of nitrogens with zero attached hydrogens (tertiary/aromatic N) is 1. The van der Waals surface area contributed by atoms with Gasteiger partial charge in [0.15, 0.2) is 22.2 Å². The Labute approximate surface area is 168 Å². The Balaban J connectivity index is 1.42. The van der Waals surface area contributed by atoms with E-state index in [1.807, 2.05) is 29.6 Å². The number of anilines is 1. The van der Waals surface area contributed by atoms with Crippen LogP contribution in [-0.4, -0.2) is 23.8 Å². The minimum Gasteiger partial charge on any atom is -0.493 e. The van der Waals surface area contributed by atoms with Gasteiger partial charge in [0.2, 0.25) is 5.91 Å². The summed E-state index contributed by atoms with van der Waals surface area (Å²) in [5.74, 6) is 0.999. The van der Waals surface area contributed by atoms with Crippen LogP contribution in [-0.2, 0) is 4.79 Å². The average Bonchev–Trinajstić information content (AvgIpc) is 3.34. The first-order valence-corrected chi connectivity index (χ1v) is 10.2. The van der Waals surface area contributed by atoms with Gasteiger partial charge in [0.1, 0.15) is 11.5 Å². The SMILES string of the molecule is COc1cccc2cc(-c3csc(NC(=O)CSc4ccc(F)cc4)n3)oc12. The van der Waals surface area contributed by atoms with Gasteiger partial charge < -0.3 is 14.5 Å². The number of aromatic nitrogens is 1. The van der Waals surface area contributed by atoms with E-state index in [2.05, 4.69) is 10.3 Å². The molecule has 0 bridgehead atoms. The van der Waals surface area contributed by atoms with E-state index in [1.54, 1.807) is 19.2 Å². The third kappa shape index (κ3) is 4.02. The first-order valence-electron chi connectivity index (χ1n) is 8.33. The zero-order valence-corrected chi connectivity index (χ0v) is 16.4. The molecule has 0 fully saturated rings. The van der Waals surface area contributed by atoms with Gasteiger partial charge >= 0.3 is 0 Å². The predicted octanol–water partition coefficient (Wildman–Crippen LogP) is 5.43. The molecule has 0 aliphatic carbocycles. The lowest BCUT2D eigenvalue weighted by Crippen LogP contribution is -2.13. The summed E-state index contributed by atoms with van der Waals surface area (Å²) >= 11 is 2.66. The van der Waals surface area contributed by atoms with Crippen molar-refractivity contribution in [3.05, 3.63) is 59.7 Å². The van der Waals surface area contributed by atoms with E-state index in [4.69, 9.17) is 9.15 Å². The smallest absolute Gasteiger partial charge is 0.236 e. The van der Waals surface area contributed by atoms with Crippen LogP contribution in [0.3, 0.4) is 0 Å². The predicted molar refractivity (Wildman–Crippen MR) is 110 cm³/mol. The van der Waals surface area contributed by atoms with Crippen molar-refractivity contribution < 1.29 is 18.3 Å².